The van der Waals surface area contributed by atoms with Gasteiger partial charge in [0.1, 0.15) is 23.0 Å². The van der Waals surface area contributed by atoms with Crippen LogP contribution in [-0.4, -0.2) is 50.2 Å². The van der Waals surface area contributed by atoms with E-state index in [9.17, 15) is 19.8 Å². The number of oxazole rings is 1. The second-order valence-electron chi connectivity index (χ2n) is 11.4. The average molecular weight is 559 g/mol. The Morgan fingerprint density at radius 3 is 2.59 bits per heavy atom. The lowest BCUT2D eigenvalue weighted by molar-refractivity contribution is -0.154. The van der Waals surface area contributed by atoms with Crippen molar-refractivity contribution in [1.29, 1.82) is 0 Å². The lowest BCUT2D eigenvalue weighted by atomic mass is 9.73. The highest BCUT2D eigenvalue weighted by Crippen LogP contribution is 2.34. The Morgan fingerprint density at radius 2 is 1.92 bits per heavy atom. The first-order valence-electron chi connectivity index (χ1n) is 13.6. The van der Waals surface area contributed by atoms with Gasteiger partial charge in [-0.1, -0.05) is 39.3 Å². The molecule has 1 aliphatic rings. The maximum Gasteiger partial charge on any atom is 0.309 e. The molecule has 0 unspecified atom stereocenters. The molecule has 214 valence electrons. The largest absolute Gasteiger partial charge is 0.457 e. The van der Waals surface area contributed by atoms with Gasteiger partial charge in [-0.05, 0) is 57.6 Å². The molecule has 3 heterocycles. The second kappa shape index (κ2) is 13.2. The molecule has 0 aliphatic carbocycles. The van der Waals surface area contributed by atoms with Gasteiger partial charge in [0.2, 0.25) is 5.89 Å². The van der Waals surface area contributed by atoms with E-state index in [0.717, 1.165) is 40.3 Å². The molecule has 0 saturated heterocycles. The van der Waals surface area contributed by atoms with Crippen molar-refractivity contribution in [3.8, 4) is 10.8 Å². The Bertz CT molecular complexity index is 1200. The maximum absolute atomic E-state index is 13.3. The zero-order valence-electron chi connectivity index (χ0n) is 24.1. The van der Waals surface area contributed by atoms with Crippen LogP contribution in [0.4, 0.5) is 0 Å². The number of nitrogens with zero attached hydrogens (tertiary/aromatic N) is 2. The molecule has 8 nitrogen and oxygen atoms in total. The Labute approximate surface area is 235 Å². The van der Waals surface area contributed by atoms with Crippen molar-refractivity contribution in [1.82, 2.24) is 9.97 Å². The number of aliphatic hydroxyl groups is 2. The van der Waals surface area contributed by atoms with Gasteiger partial charge in [0.15, 0.2) is 0 Å². The second-order valence-corrected chi connectivity index (χ2v) is 12.6. The quantitative estimate of drug-likeness (QED) is 0.351. The molecule has 0 fully saturated rings. The number of esters is 1. The number of ether oxygens (including phenoxy) is 1. The molecule has 3 rings (SSSR count). The van der Waals surface area contributed by atoms with Crippen molar-refractivity contribution in [3.05, 3.63) is 40.4 Å². The molecule has 0 saturated carbocycles. The number of carbonyl (C=O) groups is 2. The van der Waals surface area contributed by atoms with E-state index in [0.29, 0.717) is 18.0 Å². The lowest BCUT2D eigenvalue weighted by Gasteiger charge is -2.34. The van der Waals surface area contributed by atoms with Gasteiger partial charge in [-0.2, -0.15) is 0 Å². The molecule has 5 atom stereocenters. The van der Waals surface area contributed by atoms with Crippen molar-refractivity contribution in [3.63, 3.8) is 0 Å². The molecule has 39 heavy (non-hydrogen) atoms. The molecule has 9 heteroatoms. The zero-order chi connectivity index (χ0) is 28.9. The summed E-state index contributed by atoms with van der Waals surface area (Å²) < 4.78 is 11.4. The van der Waals surface area contributed by atoms with Crippen LogP contribution in [0.25, 0.3) is 16.8 Å². The predicted molar refractivity (Wildman–Crippen MR) is 152 cm³/mol. The molecular weight excluding hydrogens is 516 g/mol. The summed E-state index contributed by atoms with van der Waals surface area (Å²) in [5, 5.41) is 22.6. The third-order valence-corrected chi connectivity index (χ3v) is 8.76. The van der Waals surface area contributed by atoms with Crippen LogP contribution >= 0.6 is 11.3 Å². The van der Waals surface area contributed by atoms with Gasteiger partial charge in [0.25, 0.3) is 0 Å². The summed E-state index contributed by atoms with van der Waals surface area (Å²) in [7, 11) is 0. The molecule has 0 aromatic carbocycles. The summed E-state index contributed by atoms with van der Waals surface area (Å²) in [6, 6.07) is 0. The number of ketones is 1. The maximum atomic E-state index is 13.3. The Morgan fingerprint density at radius 1 is 1.21 bits per heavy atom. The van der Waals surface area contributed by atoms with Crippen molar-refractivity contribution in [2.45, 2.75) is 98.9 Å². The van der Waals surface area contributed by atoms with Gasteiger partial charge in [0, 0.05) is 12.3 Å². The van der Waals surface area contributed by atoms with Crippen LogP contribution in [0.2, 0.25) is 0 Å². The van der Waals surface area contributed by atoms with Gasteiger partial charge in [-0.25, -0.2) is 9.97 Å². The molecule has 1 aliphatic heterocycles. The highest BCUT2D eigenvalue weighted by atomic mass is 32.1. The number of cyclic esters (lactones) is 1. The van der Waals surface area contributed by atoms with Crippen LogP contribution in [0.3, 0.4) is 0 Å². The van der Waals surface area contributed by atoms with E-state index >= 15 is 0 Å². The highest BCUT2D eigenvalue weighted by Gasteiger charge is 2.42. The molecule has 0 radical (unpaired) electrons. The summed E-state index contributed by atoms with van der Waals surface area (Å²) in [5.41, 5.74) is 1.42. The fraction of sp³-hybridized carbons (Fsp3) is 0.600. The van der Waals surface area contributed by atoms with E-state index in [1.54, 1.807) is 27.0 Å². The number of Topliss-reactive ketones (excluding diaryl/α,β-unsaturated/α-hetero) is 1. The van der Waals surface area contributed by atoms with E-state index in [4.69, 9.17) is 9.15 Å². The van der Waals surface area contributed by atoms with Crippen LogP contribution in [0.1, 0.15) is 84.3 Å². The number of carbonyl (C=O) groups excluding carboxylic acids is 2. The SMILES string of the molecule is C/C1=C/C[C@@H](/C(C)=C/c2nc(C)sc2-c2ncco2)OC(=O)C[C@H](O)C(C)(C)C(=O)[C@H](C)[C@@H](O)[C@@H](C)CCC1. The van der Waals surface area contributed by atoms with E-state index in [1.165, 1.54) is 17.6 Å². The highest BCUT2D eigenvalue weighted by molar-refractivity contribution is 7.15. The molecule has 0 bridgehead atoms. The standard InChI is InChI=1S/C30H42N2O6S/c1-17-9-8-10-18(2)26(35)20(4)28(36)30(6,7)24(33)16-25(34)38-23(12-11-17)19(3)15-22-27(39-21(5)32-22)29-31-13-14-37-29/h11,13-15,18,20,23-24,26,33,35H,8-10,12,16H2,1-7H3/b17-11-,19-15+/t18-,20+,23-,24-,26-/m0/s1. The Balaban J connectivity index is 1.92. The lowest BCUT2D eigenvalue weighted by Crippen LogP contribution is -2.45. The first-order valence-corrected chi connectivity index (χ1v) is 14.4. The summed E-state index contributed by atoms with van der Waals surface area (Å²) in [4.78, 5) is 36.0. The topological polar surface area (TPSA) is 123 Å². The summed E-state index contributed by atoms with van der Waals surface area (Å²) in [6.07, 6.45) is 7.03. The minimum absolute atomic E-state index is 0.0695. The number of thiazole rings is 1. The zero-order valence-corrected chi connectivity index (χ0v) is 24.9. The number of aromatic nitrogens is 2. The van der Waals surface area contributed by atoms with E-state index in [-0.39, 0.29) is 18.1 Å². The summed E-state index contributed by atoms with van der Waals surface area (Å²) >= 11 is 1.47. The predicted octanol–water partition coefficient (Wildman–Crippen LogP) is 5.92. The third kappa shape index (κ3) is 7.74. The van der Waals surface area contributed by atoms with Crippen LogP contribution in [0.5, 0.6) is 0 Å². The van der Waals surface area contributed by atoms with Gasteiger partial charge in [-0.15, -0.1) is 11.3 Å². The van der Waals surface area contributed by atoms with Crippen LogP contribution < -0.4 is 0 Å². The summed E-state index contributed by atoms with van der Waals surface area (Å²) in [6.45, 7) is 12.7. The molecule has 2 aromatic heterocycles. The molecule has 0 spiro atoms. The fourth-order valence-electron chi connectivity index (χ4n) is 4.97. The summed E-state index contributed by atoms with van der Waals surface area (Å²) in [5.74, 6) is -1.12. The van der Waals surface area contributed by atoms with Gasteiger partial charge < -0.3 is 19.4 Å². The third-order valence-electron chi connectivity index (χ3n) is 7.78. The number of rotatable bonds is 3. The van der Waals surface area contributed by atoms with Gasteiger partial charge in [-0.3, -0.25) is 9.59 Å². The van der Waals surface area contributed by atoms with Crippen LogP contribution in [0, 0.1) is 24.2 Å². The molecular formula is C30H42N2O6S. The van der Waals surface area contributed by atoms with Crippen molar-refractivity contribution >= 4 is 29.2 Å². The minimum atomic E-state index is -1.25. The first-order chi connectivity index (χ1) is 18.3. The number of allylic oxidation sites excluding steroid dienone is 1. The number of aryl methyl sites for hydroxylation is 1. The molecule has 0 amide bonds. The average Bonchev–Trinajstić information content (AvgIpc) is 3.53. The number of aliphatic hydroxyl groups excluding tert-OH is 2. The molecule has 2 N–H and O–H groups in total. The monoisotopic (exact) mass is 558 g/mol. The van der Waals surface area contributed by atoms with Crippen molar-refractivity contribution in [2.75, 3.05) is 0 Å². The molecule has 2 aromatic rings. The van der Waals surface area contributed by atoms with E-state index in [1.807, 2.05) is 33.8 Å². The normalized spacial score (nSPS) is 29.5. The van der Waals surface area contributed by atoms with E-state index in [2.05, 4.69) is 16.0 Å². The van der Waals surface area contributed by atoms with Crippen molar-refractivity contribution < 1.29 is 29.0 Å². The smallest absolute Gasteiger partial charge is 0.309 e. The van der Waals surface area contributed by atoms with Crippen molar-refractivity contribution in [2.24, 2.45) is 17.3 Å². The Hall–Kier alpha value is -2.62. The van der Waals surface area contributed by atoms with Crippen LogP contribution in [0.15, 0.2) is 34.1 Å². The van der Waals surface area contributed by atoms with Crippen LogP contribution in [-0.2, 0) is 14.3 Å². The minimum Gasteiger partial charge on any atom is -0.457 e. The first kappa shape index (κ1) is 30.9. The fourth-order valence-corrected chi connectivity index (χ4v) is 5.80. The van der Waals surface area contributed by atoms with E-state index < -0.39 is 35.6 Å². The number of hydrogen-bond acceptors (Lipinski definition) is 9. The van der Waals surface area contributed by atoms with Gasteiger partial charge in [0.05, 0.1) is 40.9 Å². The van der Waals surface area contributed by atoms with Gasteiger partial charge >= 0.3 is 5.97 Å². The Kier molecular flexibility index (Phi) is 10.4. The number of hydrogen-bond donors (Lipinski definition) is 2.